The third-order valence-electron chi connectivity index (χ3n) is 1.81. The van der Waals surface area contributed by atoms with Crippen LogP contribution in [-0.4, -0.2) is 23.8 Å². The lowest BCUT2D eigenvalue weighted by Gasteiger charge is -2.25. The summed E-state index contributed by atoms with van der Waals surface area (Å²) < 4.78 is 0. The average Bonchev–Trinajstić information content (AvgIpc) is 1.87. The van der Waals surface area contributed by atoms with Crippen LogP contribution >= 0.6 is 0 Å². The number of rotatable bonds is 6. The molecule has 0 aromatic heterocycles. The Morgan fingerprint density at radius 2 is 2.00 bits per heavy atom. The molecule has 0 aliphatic rings. The molecule has 0 rings (SSSR count). The van der Waals surface area contributed by atoms with Crippen molar-refractivity contribution in [1.82, 2.24) is 5.32 Å². The molecule has 68 valence electrons. The van der Waals surface area contributed by atoms with Gasteiger partial charge in [0.2, 0.25) is 0 Å². The topological polar surface area (TPSA) is 32.3 Å². The molecule has 2 heteroatoms. The van der Waals surface area contributed by atoms with Crippen LogP contribution in [0.1, 0.15) is 40.0 Å². The van der Waals surface area contributed by atoms with Gasteiger partial charge in [-0.1, -0.05) is 13.3 Å². The molecule has 0 aliphatic carbocycles. The lowest BCUT2D eigenvalue weighted by molar-refractivity contribution is 0.271. The van der Waals surface area contributed by atoms with E-state index in [-0.39, 0.29) is 12.1 Å². The summed E-state index contributed by atoms with van der Waals surface area (Å²) in [6.07, 6.45) is 3.25. The fourth-order valence-electron chi connectivity index (χ4n) is 1.22. The Bertz CT molecular complexity index is 91.6. The van der Waals surface area contributed by atoms with Crippen molar-refractivity contribution in [2.45, 2.75) is 45.6 Å². The van der Waals surface area contributed by atoms with Gasteiger partial charge in [-0.2, -0.15) is 0 Å². The average molecular weight is 159 g/mol. The standard InChI is InChI=1S/C9H21NO/c1-4-6-9(2,3)10-7-5-8-11/h10-11H,4-8H2,1-3H3. The van der Waals surface area contributed by atoms with Gasteiger partial charge in [0, 0.05) is 12.1 Å². The molecular formula is C9H21NO. The normalized spacial score (nSPS) is 12.0. The summed E-state index contributed by atoms with van der Waals surface area (Å²) in [6, 6.07) is 0. The summed E-state index contributed by atoms with van der Waals surface area (Å²) in [5.41, 5.74) is 0.240. The van der Waals surface area contributed by atoms with Gasteiger partial charge in [-0.25, -0.2) is 0 Å². The molecule has 11 heavy (non-hydrogen) atoms. The van der Waals surface area contributed by atoms with E-state index in [0.29, 0.717) is 0 Å². The molecular weight excluding hydrogens is 138 g/mol. The van der Waals surface area contributed by atoms with E-state index < -0.39 is 0 Å². The van der Waals surface area contributed by atoms with Crippen LogP contribution in [0.4, 0.5) is 0 Å². The zero-order chi connectivity index (χ0) is 8.74. The minimum Gasteiger partial charge on any atom is -0.396 e. The first-order valence-corrected chi connectivity index (χ1v) is 4.48. The van der Waals surface area contributed by atoms with Crippen molar-refractivity contribution in [3.05, 3.63) is 0 Å². The molecule has 0 amide bonds. The van der Waals surface area contributed by atoms with E-state index in [1.165, 1.54) is 12.8 Å². The first kappa shape index (κ1) is 10.9. The van der Waals surface area contributed by atoms with Crippen LogP contribution in [-0.2, 0) is 0 Å². The summed E-state index contributed by atoms with van der Waals surface area (Å²) in [5, 5.41) is 12.0. The van der Waals surface area contributed by atoms with Crippen molar-refractivity contribution < 1.29 is 5.11 Å². The van der Waals surface area contributed by atoms with E-state index in [1.54, 1.807) is 0 Å². The van der Waals surface area contributed by atoms with Crippen LogP contribution in [0.3, 0.4) is 0 Å². The summed E-state index contributed by atoms with van der Waals surface area (Å²) in [7, 11) is 0. The summed E-state index contributed by atoms with van der Waals surface area (Å²) in [6.45, 7) is 7.80. The smallest absolute Gasteiger partial charge is 0.0443 e. The molecule has 0 spiro atoms. The van der Waals surface area contributed by atoms with Crippen LogP contribution in [0.15, 0.2) is 0 Å². The fraction of sp³-hybridized carbons (Fsp3) is 1.00. The Hall–Kier alpha value is -0.0800. The lowest BCUT2D eigenvalue weighted by atomic mass is 9.99. The van der Waals surface area contributed by atoms with Crippen molar-refractivity contribution in [2.24, 2.45) is 0 Å². The molecule has 0 heterocycles. The quantitative estimate of drug-likeness (QED) is 0.576. The Balaban J connectivity index is 3.38. The Labute approximate surface area is 70.0 Å². The van der Waals surface area contributed by atoms with Gasteiger partial charge in [-0.15, -0.1) is 0 Å². The Morgan fingerprint density at radius 1 is 1.36 bits per heavy atom. The highest BCUT2D eigenvalue weighted by atomic mass is 16.3. The predicted molar refractivity (Wildman–Crippen MR) is 48.7 cm³/mol. The van der Waals surface area contributed by atoms with Crippen LogP contribution in [0.2, 0.25) is 0 Å². The van der Waals surface area contributed by atoms with Crippen LogP contribution in [0.5, 0.6) is 0 Å². The van der Waals surface area contributed by atoms with Gasteiger partial charge in [0.25, 0.3) is 0 Å². The highest BCUT2D eigenvalue weighted by Crippen LogP contribution is 2.09. The number of hydrogen-bond donors (Lipinski definition) is 2. The van der Waals surface area contributed by atoms with Gasteiger partial charge in [-0.05, 0) is 33.2 Å². The van der Waals surface area contributed by atoms with E-state index in [2.05, 4.69) is 26.1 Å². The molecule has 0 saturated carbocycles. The van der Waals surface area contributed by atoms with Crippen molar-refractivity contribution in [2.75, 3.05) is 13.2 Å². The Morgan fingerprint density at radius 3 is 2.45 bits per heavy atom. The predicted octanol–water partition coefficient (Wildman–Crippen LogP) is 1.54. The highest BCUT2D eigenvalue weighted by Gasteiger charge is 2.13. The van der Waals surface area contributed by atoms with Gasteiger partial charge < -0.3 is 10.4 Å². The summed E-state index contributed by atoms with van der Waals surface area (Å²) >= 11 is 0. The van der Waals surface area contributed by atoms with Crippen LogP contribution < -0.4 is 5.32 Å². The van der Waals surface area contributed by atoms with E-state index in [0.717, 1.165) is 13.0 Å². The third kappa shape index (κ3) is 6.32. The van der Waals surface area contributed by atoms with E-state index in [1.807, 2.05) is 0 Å². The van der Waals surface area contributed by atoms with Gasteiger partial charge >= 0.3 is 0 Å². The van der Waals surface area contributed by atoms with E-state index in [4.69, 9.17) is 5.11 Å². The molecule has 2 nitrogen and oxygen atoms in total. The van der Waals surface area contributed by atoms with Crippen LogP contribution in [0.25, 0.3) is 0 Å². The lowest BCUT2D eigenvalue weighted by Crippen LogP contribution is -2.39. The third-order valence-corrected chi connectivity index (χ3v) is 1.81. The Kier molecular flexibility index (Phi) is 5.51. The second-order valence-electron chi connectivity index (χ2n) is 3.64. The maximum atomic E-state index is 8.55. The zero-order valence-electron chi connectivity index (χ0n) is 7.98. The van der Waals surface area contributed by atoms with E-state index in [9.17, 15) is 0 Å². The number of nitrogens with one attached hydrogen (secondary N) is 1. The van der Waals surface area contributed by atoms with Crippen LogP contribution in [0, 0.1) is 0 Å². The molecule has 0 aromatic carbocycles. The summed E-state index contributed by atoms with van der Waals surface area (Å²) in [4.78, 5) is 0. The second kappa shape index (κ2) is 5.56. The SMILES string of the molecule is CCCC(C)(C)NCCCO. The molecule has 0 unspecified atom stereocenters. The van der Waals surface area contributed by atoms with E-state index >= 15 is 0 Å². The minimum atomic E-state index is 0.240. The van der Waals surface area contributed by atoms with Crippen molar-refractivity contribution >= 4 is 0 Å². The molecule has 0 saturated heterocycles. The molecule has 2 N–H and O–H groups in total. The number of aliphatic hydroxyl groups is 1. The van der Waals surface area contributed by atoms with Crippen molar-refractivity contribution in [1.29, 1.82) is 0 Å². The molecule has 0 aliphatic heterocycles. The first-order chi connectivity index (χ1) is 5.12. The number of hydrogen-bond acceptors (Lipinski definition) is 2. The second-order valence-corrected chi connectivity index (χ2v) is 3.64. The molecule has 0 aromatic rings. The maximum Gasteiger partial charge on any atom is 0.0443 e. The number of aliphatic hydroxyl groups excluding tert-OH is 1. The van der Waals surface area contributed by atoms with Gasteiger partial charge in [0.1, 0.15) is 0 Å². The van der Waals surface area contributed by atoms with Crippen molar-refractivity contribution in [3.8, 4) is 0 Å². The highest BCUT2D eigenvalue weighted by molar-refractivity contribution is 4.75. The minimum absolute atomic E-state index is 0.240. The van der Waals surface area contributed by atoms with Gasteiger partial charge in [-0.3, -0.25) is 0 Å². The maximum absolute atomic E-state index is 8.55. The van der Waals surface area contributed by atoms with Gasteiger partial charge in [0.05, 0.1) is 0 Å². The zero-order valence-corrected chi connectivity index (χ0v) is 7.98. The fourth-order valence-corrected chi connectivity index (χ4v) is 1.22. The first-order valence-electron chi connectivity index (χ1n) is 4.48. The van der Waals surface area contributed by atoms with Gasteiger partial charge in [0.15, 0.2) is 0 Å². The molecule has 0 fully saturated rings. The molecule has 0 bridgehead atoms. The van der Waals surface area contributed by atoms with Crippen molar-refractivity contribution in [3.63, 3.8) is 0 Å². The molecule has 0 radical (unpaired) electrons. The molecule has 0 atom stereocenters. The monoisotopic (exact) mass is 159 g/mol. The summed E-state index contributed by atoms with van der Waals surface area (Å²) in [5.74, 6) is 0. The largest absolute Gasteiger partial charge is 0.396 e.